The molecule has 38 heavy (non-hydrogen) atoms. The minimum Gasteiger partial charge on any atom is -0.368 e. The fourth-order valence-electron chi connectivity index (χ4n) is 4.75. The molecule has 194 valence electrons. The highest BCUT2D eigenvalue weighted by atomic mass is 16.2. The van der Waals surface area contributed by atoms with Crippen molar-refractivity contribution < 1.29 is 14.4 Å². The Morgan fingerprint density at radius 3 is 2.32 bits per heavy atom. The van der Waals surface area contributed by atoms with Gasteiger partial charge >= 0.3 is 0 Å². The molecule has 0 bridgehead atoms. The fraction of sp³-hybridized carbons (Fsp3) is 0.276. The van der Waals surface area contributed by atoms with Crippen molar-refractivity contribution in [1.29, 1.82) is 0 Å². The monoisotopic (exact) mass is 510 g/mol. The van der Waals surface area contributed by atoms with Gasteiger partial charge in [-0.25, -0.2) is 9.97 Å². The van der Waals surface area contributed by atoms with E-state index in [1.807, 2.05) is 60.7 Å². The second kappa shape index (κ2) is 11.2. The van der Waals surface area contributed by atoms with Crippen molar-refractivity contribution in [2.24, 2.45) is 5.92 Å². The van der Waals surface area contributed by atoms with E-state index in [-0.39, 0.29) is 23.5 Å². The van der Waals surface area contributed by atoms with Crippen LogP contribution < -0.4 is 10.6 Å². The molecule has 9 nitrogen and oxygen atoms in total. The summed E-state index contributed by atoms with van der Waals surface area (Å²) in [6, 6.07) is 20.7. The molecular formula is C29H30N6O3. The topological polar surface area (TPSA) is 120 Å². The normalized spacial score (nSPS) is 13.9. The lowest BCUT2D eigenvalue weighted by Crippen LogP contribution is -2.40. The molecule has 0 radical (unpaired) electrons. The number of H-pyrrole nitrogens is 1. The molecule has 0 saturated carbocycles. The van der Waals surface area contributed by atoms with Crippen LogP contribution in [-0.2, 0) is 4.79 Å². The summed E-state index contributed by atoms with van der Waals surface area (Å²) in [5.41, 5.74) is 2.56. The predicted octanol–water partition coefficient (Wildman–Crippen LogP) is 3.91. The maximum Gasteiger partial charge on any atom is 0.270 e. The van der Waals surface area contributed by atoms with Gasteiger partial charge in [0.25, 0.3) is 5.91 Å². The van der Waals surface area contributed by atoms with E-state index in [1.54, 1.807) is 11.0 Å². The molecule has 2 aromatic heterocycles. The van der Waals surface area contributed by atoms with E-state index >= 15 is 0 Å². The van der Waals surface area contributed by atoms with E-state index in [4.69, 9.17) is 4.98 Å². The van der Waals surface area contributed by atoms with Crippen LogP contribution >= 0.6 is 0 Å². The SMILES string of the molecule is CC(=O)NCCNc1nc(-c2ccccc2)nc2[nH]c(C(=O)N3CCC(C(=O)c4ccccc4)CC3)cc12. The molecule has 1 aliphatic rings. The van der Waals surface area contributed by atoms with Crippen molar-refractivity contribution in [3.63, 3.8) is 0 Å². The van der Waals surface area contributed by atoms with Crippen LogP contribution in [0.2, 0.25) is 0 Å². The number of hydrogen-bond acceptors (Lipinski definition) is 6. The Kier molecular flexibility index (Phi) is 7.44. The summed E-state index contributed by atoms with van der Waals surface area (Å²) in [4.78, 5) is 51.9. The molecule has 1 fully saturated rings. The molecule has 4 aromatic rings. The van der Waals surface area contributed by atoms with Crippen molar-refractivity contribution >= 4 is 34.4 Å². The van der Waals surface area contributed by atoms with Crippen LogP contribution in [0.25, 0.3) is 22.4 Å². The number of carbonyl (C=O) groups is 3. The number of anilines is 1. The number of carbonyl (C=O) groups excluding carboxylic acids is 3. The van der Waals surface area contributed by atoms with Crippen molar-refractivity contribution in [2.75, 3.05) is 31.5 Å². The van der Waals surface area contributed by atoms with Crippen LogP contribution in [0, 0.1) is 5.92 Å². The average Bonchev–Trinajstić information content (AvgIpc) is 3.40. The van der Waals surface area contributed by atoms with E-state index in [0.29, 0.717) is 67.4 Å². The molecule has 1 aliphatic heterocycles. The predicted molar refractivity (Wildman–Crippen MR) is 146 cm³/mol. The van der Waals surface area contributed by atoms with Gasteiger partial charge in [-0.15, -0.1) is 0 Å². The van der Waals surface area contributed by atoms with Gasteiger partial charge < -0.3 is 20.5 Å². The Labute approximate surface area is 220 Å². The number of hydrogen-bond donors (Lipinski definition) is 3. The lowest BCUT2D eigenvalue weighted by molar-refractivity contribution is -0.118. The number of aromatic nitrogens is 3. The number of nitrogens with zero attached hydrogens (tertiary/aromatic N) is 3. The number of Topliss-reactive ketones (excluding diaryl/α,β-unsaturated/α-hetero) is 1. The van der Waals surface area contributed by atoms with E-state index in [9.17, 15) is 14.4 Å². The van der Waals surface area contributed by atoms with E-state index in [2.05, 4.69) is 20.6 Å². The third-order valence-electron chi connectivity index (χ3n) is 6.75. The van der Waals surface area contributed by atoms with Gasteiger partial charge in [-0.3, -0.25) is 14.4 Å². The highest BCUT2D eigenvalue weighted by Gasteiger charge is 2.29. The van der Waals surface area contributed by atoms with Gasteiger partial charge in [-0.2, -0.15) is 0 Å². The molecule has 9 heteroatoms. The molecule has 0 unspecified atom stereocenters. The third kappa shape index (κ3) is 5.56. The second-order valence-corrected chi connectivity index (χ2v) is 9.41. The largest absolute Gasteiger partial charge is 0.368 e. The molecule has 2 amide bonds. The summed E-state index contributed by atoms with van der Waals surface area (Å²) < 4.78 is 0. The molecule has 0 aliphatic carbocycles. The number of nitrogens with one attached hydrogen (secondary N) is 3. The number of aromatic amines is 1. The molecule has 3 heterocycles. The van der Waals surface area contributed by atoms with Crippen LogP contribution in [0.15, 0.2) is 66.7 Å². The first-order valence-corrected chi connectivity index (χ1v) is 12.8. The van der Waals surface area contributed by atoms with Gasteiger partial charge in [0, 0.05) is 50.1 Å². The van der Waals surface area contributed by atoms with Crippen molar-refractivity contribution in [3.05, 3.63) is 78.0 Å². The first-order chi connectivity index (χ1) is 18.5. The van der Waals surface area contributed by atoms with Crippen LogP contribution in [0.5, 0.6) is 0 Å². The maximum atomic E-state index is 13.4. The summed E-state index contributed by atoms with van der Waals surface area (Å²) in [6.07, 6.45) is 1.27. The number of piperidine rings is 1. The molecule has 2 aromatic carbocycles. The standard InChI is InChI=1S/C29H30N6O3/c1-19(36)30-14-15-31-27-23-18-24(32-28(23)34-26(33-27)22-10-6-3-7-11-22)29(38)35-16-12-21(13-17-35)25(37)20-8-4-2-5-9-20/h2-11,18,21H,12-17H2,1H3,(H,30,36)(H2,31,32,33,34). The van der Waals surface area contributed by atoms with Crippen LogP contribution in [0.1, 0.15) is 40.6 Å². The van der Waals surface area contributed by atoms with E-state index < -0.39 is 0 Å². The molecular weight excluding hydrogens is 480 g/mol. The first kappa shape index (κ1) is 25.1. The Bertz CT molecular complexity index is 1440. The quantitative estimate of drug-likeness (QED) is 0.244. The minimum absolute atomic E-state index is 0.0807. The first-order valence-electron chi connectivity index (χ1n) is 12.8. The van der Waals surface area contributed by atoms with Gasteiger partial charge in [0.15, 0.2) is 11.6 Å². The summed E-state index contributed by atoms with van der Waals surface area (Å²) in [5, 5.41) is 6.73. The minimum atomic E-state index is -0.126. The molecule has 5 rings (SSSR count). The number of likely N-dealkylation sites (tertiary alicyclic amines) is 1. The Morgan fingerprint density at radius 1 is 0.947 bits per heavy atom. The maximum absolute atomic E-state index is 13.4. The summed E-state index contributed by atoms with van der Waals surface area (Å²) in [7, 11) is 0. The van der Waals surface area contributed by atoms with Crippen LogP contribution in [0.4, 0.5) is 5.82 Å². The van der Waals surface area contributed by atoms with Gasteiger partial charge in [0.05, 0.1) is 5.39 Å². The Hall–Kier alpha value is -4.53. The zero-order valence-corrected chi connectivity index (χ0v) is 21.2. The van der Waals surface area contributed by atoms with E-state index in [0.717, 1.165) is 11.1 Å². The summed E-state index contributed by atoms with van der Waals surface area (Å²) in [5.74, 6) is 0.945. The zero-order chi connectivity index (χ0) is 26.5. The van der Waals surface area contributed by atoms with Gasteiger partial charge in [-0.1, -0.05) is 60.7 Å². The molecule has 0 atom stereocenters. The average molecular weight is 511 g/mol. The number of benzene rings is 2. The lowest BCUT2D eigenvalue weighted by Gasteiger charge is -2.31. The van der Waals surface area contributed by atoms with Gasteiger partial charge in [0.2, 0.25) is 5.91 Å². The van der Waals surface area contributed by atoms with E-state index in [1.165, 1.54) is 6.92 Å². The molecule has 1 saturated heterocycles. The van der Waals surface area contributed by atoms with Crippen molar-refractivity contribution in [2.45, 2.75) is 19.8 Å². The number of amides is 2. The van der Waals surface area contributed by atoms with Crippen LogP contribution in [-0.4, -0.2) is 63.6 Å². The Morgan fingerprint density at radius 2 is 1.63 bits per heavy atom. The van der Waals surface area contributed by atoms with Crippen molar-refractivity contribution in [1.82, 2.24) is 25.2 Å². The number of rotatable bonds is 8. The summed E-state index contributed by atoms with van der Waals surface area (Å²) >= 11 is 0. The zero-order valence-electron chi connectivity index (χ0n) is 21.2. The van der Waals surface area contributed by atoms with Crippen LogP contribution in [0.3, 0.4) is 0 Å². The highest BCUT2D eigenvalue weighted by Crippen LogP contribution is 2.28. The summed E-state index contributed by atoms with van der Waals surface area (Å²) in [6.45, 7) is 3.41. The third-order valence-corrected chi connectivity index (χ3v) is 6.75. The fourth-order valence-corrected chi connectivity index (χ4v) is 4.75. The number of ketones is 1. The molecule has 3 N–H and O–H groups in total. The number of fused-ring (bicyclic) bond motifs is 1. The highest BCUT2D eigenvalue weighted by molar-refractivity contribution is 6.01. The second-order valence-electron chi connectivity index (χ2n) is 9.41. The molecule has 0 spiro atoms. The van der Waals surface area contributed by atoms with Crippen molar-refractivity contribution in [3.8, 4) is 11.4 Å². The Balaban J connectivity index is 1.34. The lowest BCUT2D eigenvalue weighted by atomic mass is 9.89. The van der Waals surface area contributed by atoms with Gasteiger partial charge in [-0.05, 0) is 18.9 Å². The van der Waals surface area contributed by atoms with Gasteiger partial charge in [0.1, 0.15) is 17.2 Å². The smallest absolute Gasteiger partial charge is 0.270 e.